The first-order valence-electron chi connectivity index (χ1n) is 8.87. The van der Waals surface area contributed by atoms with Gasteiger partial charge in [-0.25, -0.2) is 13.8 Å². The monoisotopic (exact) mass is 371 g/mol. The molecule has 5 aromatic rings. The molecule has 0 aliphatic rings. The summed E-state index contributed by atoms with van der Waals surface area (Å²) in [6, 6.07) is 20.4. The largest absolute Gasteiger partial charge is 0.360 e. The molecule has 3 aromatic carbocycles. The topological polar surface area (TPSA) is 44.5 Å². The number of hydrogen-bond acceptors (Lipinski definition) is 1. The van der Waals surface area contributed by atoms with Crippen LogP contribution < -0.4 is 0 Å². The summed E-state index contributed by atoms with van der Waals surface area (Å²) in [6.07, 6.45) is 1.93. The van der Waals surface area contributed by atoms with Crippen molar-refractivity contribution < 1.29 is 8.78 Å². The third kappa shape index (κ3) is 2.77. The Morgan fingerprint density at radius 2 is 1.36 bits per heavy atom. The van der Waals surface area contributed by atoms with Crippen molar-refractivity contribution in [1.82, 2.24) is 15.0 Å². The normalized spacial score (nSPS) is 11.2. The number of aromatic amines is 2. The Morgan fingerprint density at radius 1 is 0.714 bits per heavy atom. The molecule has 0 radical (unpaired) electrons. The number of rotatable bonds is 3. The number of H-pyrrole nitrogens is 2. The molecule has 0 amide bonds. The molecule has 0 atom stereocenters. The fraction of sp³-hybridized carbons (Fsp3) is 0. The standard InChI is InChI=1S/C23H15F2N3/c24-16-9-5-14(6-10-16)21-22(19-13-26-20-4-2-1-3-18(19)20)28-23(27-21)15-7-11-17(25)12-8-15/h1-13,26H,(H,27,28). The SMILES string of the molecule is Fc1ccc(-c2nc(-c3ccc(F)cc3)c(-c3c[nH]c4ccccc34)[nH]2)cc1. The van der Waals surface area contributed by atoms with Crippen LogP contribution in [0.15, 0.2) is 79.0 Å². The number of imidazole rings is 1. The minimum Gasteiger partial charge on any atom is -0.360 e. The lowest BCUT2D eigenvalue weighted by atomic mass is 10.0. The second-order valence-corrected chi connectivity index (χ2v) is 6.57. The van der Waals surface area contributed by atoms with Crippen LogP contribution in [0.3, 0.4) is 0 Å². The van der Waals surface area contributed by atoms with E-state index in [1.807, 2.05) is 30.5 Å². The molecule has 0 unspecified atom stereocenters. The first-order valence-corrected chi connectivity index (χ1v) is 8.87. The maximum absolute atomic E-state index is 13.4. The third-order valence-electron chi connectivity index (χ3n) is 4.80. The highest BCUT2D eigenvalue weighted by molar-refractivity contribution is 5.98. The Hall–Kier alpha value is -3.73. The highest BCUT2D eigenvalue weighted by Gasteiger charge is 2.18. The van der Waals surface area contributed by atoms with Gasteiger partial charge in [0.05, 0.1) is 11.4 Å². The predicted octanol–water partition coefficient (Wildman–Crippen LogP) is 6.17. The highest BCUT2D eigenvalue weighted by Crippen LogP contribution is 2.36. The zero-order valence-corrected chi connectivity index (χ0v) is 14.7. The van der Waals surface area contributed by atoms with E-state index >= 15 is 0 Å². The lowest BCUT2D eigenvalue weighted by Gasteiger charge is -2.02. The highest BCUT2D eigenvalue weighted by atomic mass is 19.1. The van der Waals surface area contributed by atoms with Gasteiger partial charge in [-0.2, -0.15) is 0 Å². The molecule has 0 aliphatic heterocycles. The van der Waals surface area contributed by atoms with Crippen LogP contribution in [-0.4, -0.2) is 15.0 Å². The fourth-order valence-corrected chi connectivity index (χ4v) is 3.41. The zero-order valence-electron chi connectivity index (χ0n) is 14.7. The third-order valence-corrected chi connectivity index (χ3v) is 4.80. The van der Waals surface area contributed by atoms with Crippen LogP contribution in [0.25, 0.3) is 44.8 Å². The van der Waals surface area contributed by atoms with Gasteiger partial charge in [0.2, 0.25) is 0 Å². The van der Waals surface area contributed by atoms with Crippen molar-refractivity contribution in [2.45, 2.75) is 0 Å². The van der Waals surface area contributed by atoms with Gasteiger partial charge in [-0.3, -0.25) is 0 Å². The summed E-state index contributed by atoms with van der Waals surface area (Å²) in [7, 11) is 0. The quantitative estimate of drug-likeness (QED) is 0.391. The van der Waals surface area contributed by atoms with Crippen molar-refractivity contribution in [3.63, 3.8) is 0 Å². The Labute approximate surface area is 159 Å². The smallest absolute Gasteiger partial charge is 0.138 e. The molecule has 0 saturated heterocycles. The number of hydrogen-bond donors (Lipinski definition) is 2. The van der Waals surface area contributed by atoms with E-state index in [-0.39, 0.29) is 11.6 Å². The van der Waals surface area contributed by atoms with Crippen molar-refractivity contribution in [3.8, 4) is 33.9 Å². The van der Waals surface area contributed by atoms with Gasteiger partial charge in [0.1, 0.15) is 17.5 Å². The number of para-hydroxylation sites is 1. The van der Waals surface area contributed by atoms with Gasteiger partial charge in [0, 0.05) is 33.8 Å². The molecule has 3 nitrogen and oxygen atoms in total. The van der Waals surface area contributed by atoms with E-state index in [4.69, 9.17) is 4.98 Å². The molecule has 0 aliphatic carbocycles. The Bertz CT molecular complexity index is 1270. The molecule has 5 rings (SSSR count). The van der Waals surface area contributed by atoms with E-state index in [9.17, 15) is 8.78 Å². The maximum Gasteiger partial charge on any atom is 0.138 e. The van der Waals surface area contributed by atoms with Gasteiger partial charge in [-0.05, 0) is 54.6 Å². The number of nitrogens with one attached hydrogen (secondary N) is 2. The molecule has 2 N–H and O–H groups in total. The summed E-state index contributed by atoms with van der Waals surface area (Å²) in [5.74, 6) is 0.0252. The predicted molar refractivity (Wildman–Crippen MR) is 107 cm³/mol. The van der Waals surface area contributed by atoms with E-state index in [0.29, 0.717) is 11.5 Å². The Morgan fingerprint density at radius 3 is 2.07 bits per heavy atom. The van der Waals surface area contributed by atoms with E-state index in [1.165, 1.54) is 24.3 Å². The van der Waals surface area contributed by atoms with Gasteiger partial charge in [0.15, 0.2) is 0 Å². The minimum atomic E-state index is -0.300. The number of nitrogens with zero attached hydrogens (tertiary/aromatic N) is 1. The summed E-state index contributed by atoms with van der Waals surface area (Å²) >= 11 is 0. The zero-order chi connectivity index (χ0) is 19.1. The second kappa shape index (κ2) is 6.46. The summed E-state index contributed by atoms with van der Waals surface area (Å²) in [6.45, 7) is 0. The van der Waals surface area contributed by atoms with Crippen LogP contribution in [0, 0.1) is 11.6 Å². The molecule has 0 spiro atoms. The average Bonchev–Trinajstić information content (AvgIpc) is 3.33. The number of fused-ring (bicyclic) bond motifs is 1. The van der Waals surface area contributed by atoms with Gasteiger partial charge in [-0.15, -0.1) is 0 Å². The van der Waals surface area contributed by atoms with E-state index in [0.717, 1.165) is 33.3 Å². The van der Waals surface area contributed by atoms with E-state index in [1.54, 1.807) is 24.3 Å². The Balaban J connectivity index is 1.74. The molecule has 0 bridgehead atoms. The summed E-state index contributed by atoms with van der Waals surface area (Å²) in [5, 5.41) is 1.06. The van der Waals surface area contributed by atoms with Crippen molar-refractivity contribution >= 4 is 10.9 Å². The van der Waals surface area contributed by atoms with Crippen LogP contribution in [0.1, 0.15) is 0 Å². The number of aromatic nitrogens is 3. The first-order chi connectivity index (χ1) is 13.7. The first kappa shape index (κ1) is 16.4. The molecule has 5 heteroatoms. The van der Waals surface area contributed by atoms with Gasteiger partial charge < -0.3 is 9.97 Å². The van der Waals surface area contributed by atoms with Crippen LogP contribution in [0.5, 0.6) is 0 Å². The molecule has 2 aromatic heterocycles. The second-order valence-electron chi connectivity index (χ2n) is 6.57. The van der Waals surface area contributed by atoms with Crippen molar-refractivity contribution in [2.24, 2.45) is 0 Å². The summed E-state index contributed by atoms with van der Waals surface area (Å²) in [5.41, 5.74) is 5.09. The van der Waals surface area contributed by atoms with Gasteiger partial charge in [-0.1, -0.05) is 18.2 Å². The maximum atomic E-state index is 13.4. The summed E-state index contributed by atoms with van der Waals surface area (Å²) < 4.78 is 26.7. The van der Waals surface area contributed by atoms with E-state index in [2.05, 4.69) is 9.97 Å². The summed E-state index contributed by atoms with van der Waals surface area (Å²) in [4.78, 5) is 11.4. The van der Waals surface area contributed by atoms with Gasteiger partial charge >= 0.3 is 0 Å². The van der Waals surface area contributed by atoms with Gasteiger partial charge in [0.25, 0.3) is 0 Å². The fourth-order valence-electron chi connectivity index (χ4n) is 3.41. The van der Waals surface area contributed by atoms with Crippen LogP contribution in [-0.2, 0) is 0 Å². The molecular formula is C23H15F2N3. The van der Waals surface area contributed by atoms with E-state index < -0.39 is 0 Å². The molecule has 28 heavy (non-hydrogen) atoms. The minimum absolute atomic E-state index is 0.299. The molecular weight excluding hydrogens is 356 g/mol. The Kier molecular flexibility index (Phi) is 3.79. The van der Waals surface area contributed by atoms with Crippen molar-refractivity contribution in [1.29, 1.82) is 0 Å². The van der Waals surface area contributed by atoms with Crippen LogP contribution in [0.4, 0.5) is 8.78 Å². The lowest BCUT2D eigenvalue weighted by molar-refractivity contribution is 0.627. The average molecular weight is 371 g/mol. The van der Waals surface area contributed by atoms with Crippen LogP contribution >= 0.6 is 0 Å². The number of benzene rings is 3. The number of halogens is 2. The molecule has 2 heterocycles. The molecule has 136 valence electrons. The molecule has 0 fully saturated rings. The van der Waals surface area contributed by atoms with Crippen molar-refractivity contribution in [2.75, 3.05) is 0 Å². The lowest BCUT2D eigenvalue weighted by Crippen LogP contribution is -1.84. The van der Waals surface area contributed by atoms with Crippen LogP contribution in [0.2, 0.25) is 0 Å². The van der Waals surface area contributed by atoms with Crippen molar-refractivity contribution in [3.05, 3.63) is 90.6 Å². The molecule has 0 saturated carbocycles.